The zero-order chi connectivity index (χ0) is 11.5. The second-order valence-electron chi connectivity index (χ2n) is 4.73. The van der Waals surface area contributed by atoms with Crippen molar-refractivity contribution in [3.05, 3.63) is 5.82 Å². The Hall–Kier alpha value is -0.680. The molecule has 2 rings (SSSR count). The summed E-state index contributed by atoms with van der Waals surface area (Å²) in [5.41, 5.74) is 0. The van der Waals surface area contributed by atoms with Crippen molar-refractivity contribution >= 4 is 16.7 Å². The van der Waals surface area contributed by atoms with Crippen molar-refractivity contribution in [1.82, 2.24) is 14.3 Å². The maximum Gasteiger partial charge on any atom is 0.202 e. The Morgan fingerprint density at radius 2 is 2.25 bits per heavy atom. The molecule has 0 aromatic carbocycles. The number of likely N-dealkylation sites (N-methyl/N-ethyl adjacent to an activating group) is 1. The summed E-state index contributed by atoms with van der Waals surface area (Å²) in [6.07, 6.45) is 2.54. The number of aromatic nitrogens is 2. The van der Waals surface area contributed by atoms with E-state index in [2.05, 4.69) is 40.5 Å². The zero-order valence-electron chi connectivity index (χ0n) is 10.2. The fourth-order valence-corrected chi connectivity index (χ4v) is 2.08. The average Bonchev–Trinajstić information content (AvgIpc) is 2.99. The largest absolute Gasteiger partial charge is 0.359 e. The van der Waals surface area contributed by atoms with E-state index in [-0.39, 0.29) is 0 Å². The third kappa shape index (κ3) is 3.15. The molecule has 1 aliphatic carbocycles. The molecular weight excluding hydrogens is 220 g/mol. The molecule has 0 bridgehead atoms. The van der Waals surface area contributed by atoms with Gasteiger partial charge in [-0.05, 0) is 33.7 Å². The van der Waals surface area contributed by atoms with Gasteiger partial charge in [-0.1, -0.05) is 0 Å². The fourth-order valence-electron chi connectivity index (χ4n) is 1.41. The molecule has 0 spiro atoms. The molecule has 1 aromatic rings. The first-order chi connectivity index (χ1) is 7.66. The Bertz CT molecular complexity index is 332. The van der Waals surface area contributed by atoms with E-state index >= 15 is 0 Å². The van der Waals surface area contributed by atoms with Crippen LogP contribution in [0.4, 0.5) is 5.13 Å². The molecule has 0 saturated heterocycles. The standard InChI is InChI=1S/C11H20N4S/c1-8(2)15(3)7-6-12-11-13-10(14-16-11)9-4-5-9/h8-9H,4-7H2,1-3H3,(H,12,13,14). The second-order valence-corrected chi connectivity index (χ2v) is 5.48. The normalized spacial score (nSPS) is 16.1. The predicted molar refractivity (Wildman–Crippen MR) is 68.1 cm³/mol. The Balaban J connectivity index is 1.72. The first-order valence-corrected chi connectivity index (χ1v) is 6.72. The number of hydrogen-bond acceptors (Lipinski definition) is 5. The van der Waals surface area contributed by atoms with Gasteiger partial charge in [0, 0.05) is 36.6 Å². The van der Waals surface area contributed by atoms with E-state index in [1.165, 1.54) is 24.4 Å². The summed E-state index contributed by atoms with van der Waals surface area (Å²) < 4.78 is 4.37. The summed E-state index contributed by atoms with van der Waals surface area (Å²) in [6, 6.07) is 0.596. The zero-order valence-corrected chi connectivity index (χ0v) is 11.0. The Morgan fingerprint density at radius 1 is 1.50 bits per heavy atom. The topological polar surface area (TPSA) is 41.0 Å². The van der Waals surface area contributed by atoms with E-state index in [9.17, 15) is 0 Å². The Morgan fingerprint density at radius 3 is 2.88 bits per heavy atom. The van der Waals surface area contributed by atoms with Gasteiger partial charge in [0.05, 0.1) is 0 Å². The van der Waals surface area contributed by atoms with Crippen molar-refractivity contribution in [2.45, 2.75) is 38.6 Å². The van der Waals surface area contributed by atoms with E-state index in [0.717, 1.165) is 24.0 Å². The molecule has 4 nitrogen and oxygen atoms in total. The smallest absolute Gasteiger partial charge is 0.202 e. The molecule has 90 valence electrons. The predicted octanol–water partition coefficient (Wildman–Crippen LogP) is 2.17. The molecule has 0 atom stereocenters. The van der Waals surface area contributed by atoms with Crippen LogP contribution in [0.3, 0.4) is 0 Å². The highest BCUT2D eigenvalue weighted by molar-refractivity contribution is 7.09. The molecular formula is C11H20N4S. The molecule has 0 aliphatic heterocycles. The highest BCUT2D eigenvalue weighted by Crippen LogP contribution is 2.39. The van der Waals surface area contributed by atoms with Crippen molar-refractivity contribution < 1.29 is 0 Å². The van der Waals surface area contributed by atoms with E-state index < -0.39 is 0 Å². The minimum absolute atomic E-state index is 0.596. The first-order valence-electron chi connectivity index (χ1n) is 5.94. The molecule has 5 heteroatoms. The van der Waals surface area contributed by atoms with Crippen LogP contribution in [0.1, 0.15) is 38.4 Å². The van der Waals surface area contributed by atoms with Crippen LogP contribution >= 0.6 is 11.5 Å². The quantitative estimate of drug-likeness (QED) is 0.827. The molecule has 1 heterocycles. The molecule has 1 fully saturated rings. The third-order valence-electron chi connectivity index (χ3n) is 3.01. The summed E-state index contributed by atoms with van der Waals surface area (Å²) in [5.74, 6) is 1.70. The Kier molecular flexibility index (Phi) is 3.76. The van der Waals surface area contributed by atoms with Gasteiger partial charge in [0.15, 0.2) is 0 Å². The lowest BCUT2D eigenvalue weighted by Gasteiger charge is -2.20. The lowest BCUT2D eigenvalue weighted by molar-refractivity contribution is 0.284. The molecule has 16 heavy (non-hydrogen) atoms. The summed E-state index contributed by atoms with van der Waals surface area (Å²) in [6.45, 7) is 6.39. The van der Waals surface area contributed by atoms with Crippen molar-refractivity contribution in [3.63, 3.8) is 0 Å². The lowest BCUT2D eigenvalue weighted by Crippen LogP contribution is -2.31. The molecule has 0 radical (unpaired) electrons. The summed E-state index contributed by atoms with van der Waals surface area (Å²) in [7, 11) is 2.14. The van der Waals surface area contributed by atoms with E-state index in [0.29, 0.717) is 12.0 Å². The van der Waals surface area contributed by atoms with Gasteiger partial charge < -0.3 is 10.2 Å². The van der Waals surface area contributed by atoms with Crippen LogP contribution in [0.5, 0.6) is 0 Å². The molecule has 0 unspecified atom stereocenters. The average molecular weight is 240 g/mol. The summed E-state index contributed by atoms with van der Waals surface area (Å²) in [5, 5.41) is 4.31. The van der Waals surface area contributed by atoms with Crippen LogP contribution in [0.25, 0.3) is 0 Å². The van der Waals surface area contributed by atoms with Gasteiger partial charge in [-0.25, -0.2) is 4.98 Å². The van der Waals surface area contributed by atoms with Gasteiger partial charge in [-0.2, -0.15) is 4.37 Å². The number of nitrogens with zero attached hydrogens (tertiary/aromatic N) is 3. The minimum atomic E-state index is 0.596. The van der Waals surface area contributed by atoms with E-state index in [1.54, 1.807) is 0 Å². The van der Waals surface area contributed by atoms with Crippen LogP contribution in [-0.4, -0.2) is 40.4 Å². The van der Waals surface area contributed by atoms with Gasteiger partial charge >= 0.3 is 0 Å². The minimum Gasteiger partial charge on any atom is -0.359 e. The highest BCUT2D eigenvalue weighted by atomic mass is 32.1. The van der Waals surface area contributed by atoms with Crippen LogP contribution in [0, 0.1) is 0 Å². The SMILES string of the molecule is CC(C)N(C)CCNc1nc(C2CC2)ns1. The van der Waals surface area contributed by atoms with Crippen LogP contribution < -0.4 is 5.32 Å². The molecule has 1 aromatic heterocycles. The Labute approximate surface area is 101 Å². The maximum absolute atomic E-state index is 4.49. The van der Waals surface area contributed by atoms with Crippen molar-refractivity contribution in [1.29, 1.82) is 0 Å². The van der Waals surface area contributed by atoms with Gasteiger partial charge in [0.1, 0.15) is 5.82 Å². The number of nitrogens with one attached hydrogen (secondary N) is 1. The molecule has 1 aliphatic rings. The number of rotatable bonds is 6. The van der Waals surface area contributed by atoms with Gasteiger partial charge in [0.2, 0.25) is 5.13 Å². The lowest BCUT2D eigenvalue weighted by atomic mass is 10.3. The first kappa shape index (κ1) is 11.8. The van der Waals surface area contributed by atoms with Crippen LogP contribution in [0.15, 0.2) is 0 Å². The molecule has 0 amide bonds. The van der Waals surface area contributed by atoms with Crippen molar-refractivity contribution in [3.8, 4) is 0 Å². The van der Waals surface area contributed by atoms with Crippen LogP contribution in [-0.2, 0) is 0 Å². The third-order valence-corrected chi connectivity index (χ3v) is 3.69. The van der Waals surface area contributed by atoms with Crippen molar-refractivity contribution in [2.24, 2.45) is 0 Å². The number of hydrogen-bond donors (Lipinski definition) is 1. The summed E-state index contributed by atoms with van der Waals surface area (Å²) >= 11 is 1.49. The van der Waals surface area contributed by atoms with Gasteiger partial charge in [0.25, 0.3) is 0 Å². The second kappa shape index (κ2) is 5.10. The molecule has 1 N–H and O–H groups in total. The van der Waals surface area contributed by atoms with Gasteiger partial charge in [-0.15, -0.1) is 0 Å². The van der Waals surface area contributed by atoms with E-state index in [1.807, 2.05) is 0 Å². The monoisotopic (exact) mass is 240 g/mol. The highest BCUT2D eigenvalue weighted by Gasteiger charge is 2.27. The molecule has 1 saturated carbocycles. The summed E-state index contributed by atoms with van der Waals surface area (Å²) in [4.78, 5) is 6.81. The van der Waals surface area contributed by atoms with Crippen molar-refractivity contribution in [2.75, 3.05) is 25.5 Å². The number of anilines is 1. The van der Waals surface area contributed by atoms with Crippen LogP contribution in [0.2, 0.25) is 0 Å². The maximum atomic E-state index is 4.49. The fraction of sp³-hybridized carbons (Fsp3) is 0.818. The van der Waals surface area contributed by atoms with Gasteiger partial charge in [-0.3, -0.25) is 0 Å². The van der Waals surface area contributed by atoms with E-state index in [4.69, 9.17) is 0 Å².